The molecule has 1 N–H and O–H groups in total. The molecule has 0 bridgehead atoms. The summed E-state index contributed by atoms with van der Waals surface area (Å²) in [5.41, 5.74) is 2.33. The molecule has 1 saturated heterocycles. The Bertz CT molecular complexity index is 707. The largest absolute Gasteiger partial charge is 0.356 e. The first kappa shape index (κ1) is 16.3. The third-order valence-electron chi connectivity index (χ3n) is 5.47. The molecule has 1 amide bonds. The minimum atomic E-state index is 0.272. The maximum absolute atomic E-state index is 12.0. The van der Waals surface area contributed by atoms with E-state index in [4.69, 9.17) is 0 Å². The van der Waals surface area contributed by atoms with Gasteiger partial charge in [-0.2, -0.15) is 5.10 Å². The SMILES string of the molecule is O=C(NC[C@@H]1CCN(Cc2cnn(-c3ccccc3)c2)C1)C1CCC1. The Kier molecular flexibility index (Phi) is 4.83. The van der Waals surface area contributed by atoms with Gasteiger partial charge in [-0.15, -0.1) is 0 Å². The van der Waals surface area contributed by atoms with Crippen LogP contribution in [0.3, 0.4) is 0 Å². The number of hydrogen-bond donors (Lipinski definition) is 1. The molecule has 2 aromatic rings. The summed E-state index contributed by atoms with van der Waals surface area (Å²) < 4.78 is 1.93. The van der Waals surface area contributed by atoms with E-state index in [1.807, 2.05) is 29.1 Å². The maximum Gasteiger partial charge on any atom is 0.223 e. The highest BCUT2D eigenvalue weighted by atomic mass is 16.1. The summed E-state index contributed by atoms with van der Waals surface area (Å²) in [7, 11) is 0. The van der Waals surface area contributed by atoms with Crippen molar-refractivity contribution >= 4 is 5.91 Å². The lowest BCUT2D eigenvalue weighted by Crippen LogP contribution is -2.37. The van der Waals surface area contributed by atoms with E-state index in [1.54, 1.807) is 0 Å². The van der Waals surface area contributed by atoms with Crippen molar-refractivity contribution in [2.45, 2.75) is 32.2 Å². The van der Waals surface area contributed by atoms with Crippen LogP contribution in [0.5, 0.6) is 0 Å². The van der Waals surface area contributed by atoms with E-state index in [0.717, 1.165) is 51.1 Å². The van der Waals surface area contributed by atoms with Gasteiger partial charge < -0.3 is 5.32 Å². The lowest BCUT2D eigenvalue weighted by Gasteiger charge is -2.25. The highest BCUT2D eigenvalue weighted by molar-refractivity contribution is 5.79. The molecule has 1 aliphatic heterocycles. The second-order valence-electron chi connectivity index (χ2n) is 7.39. The Hall–Kier alpha value is -2.14. The van der Waals surface area contributed by atoms with Crippen LogP contribution in [0, 0.1) is 11.8 Å². The third kappa shape index (κ3) is 3.93. The summed E-state index contributed by atoms with van der Waals surface area (Å²) >= 11 is 0. The van der Waals surface area contributed by atoms with Crippen molar-refractivity contribution in [3.8, 4) is 5.69 Å². The fourth-order valence-corrected chi connectivity index (χ4v) is 3.70. The molecule has 1 aliphatic carbocycles. The lowest BCUT2D eigenvalue weighted by atomic mass is 9.85. The Morgan fingerprint density at radius 2 is 2.04 bits per heavy atom. The predicted octanol–water partition coefficient (Wildman–Crippen LogP) is 2.61. The molecular formula is C20H26N4O. The molecule has 4 rings (SSSR count). The number of carbonyl (C=O) groups excluding carboxylic acids is 1. The van der Waals surface area contributed by atoms with E-state index in [-0.39, 0.29) is 5.91 Å². The van der Waals surface area contributed by atoms with Crippen LogP contribution in [-0.4, -0.2) is 40.2 Å². The number of para-hydroxylation sites is 1. The molecule has 0 radical (unpaired) electrons. The summed E-state index contributed by atoms with van der Waals surface area (Å²) in [6.07, 6.45) is 8.60. The molecule has 5 heteroatoms. The first-order valence-corrected chi connectivity index (χ1v) is 9.37. The van der Waals surface area contributed by atoms with Crippen molar-refractivity contribution in [2.24, 2.45) is 11.8 Å². The zero-order valence-electron chi connectivity index (χ0n) is 14.6. The number of aromatic nitrogens is 2. The van der Waals surface area contributed by atoms with E-state index in [1.165, 1.54) is 12.0 Å². The van der Waals surface area contributed by atoms with E-state index in [9.17, 15) is 4.79 Å². The summed E-state index contributed by atoms with van der Waals surface area (Å²) in [6, 6.07) is 10.2. The second kappa shape index (κ2) is 7.40. The van der Waals surface area contributed by atoms with E-state index in [0.29, 0.717) is 11.8 Å². The van der Waals surface area contributed by atoms with Gasteiger partial charge in [0, 0.05) is 37.3 Å². The Morgan fingerprint density at radius 1 is 1.20 bits per heavy atom. The van der Waals surface area contributed by atoms with Gasteiger partial charge in [0.1, 0.15) is 0 Å². The zero-order chi connectivity index (χ0) is 17.1. The summed E-state index contributed by atoms with van der Waals surface area (Å²) in [5.74, 6) is 1.14. The number of amides is 1. The van der Waals surface area contributed by atoms with Crippen LogP contribution < -0.4 is 5.32 Å². The van der Waals surface area contributed by atoms with E-state index < -0.39 is 0 Å². The molecule has 2 aliphatic rings. The van der Waals surface area contributed by atoms with Gasteiger partial charge >= 0.3 is 0 Å². The van der Waals surface area contributed by atoms with Gasteiger partial charge in [-0.25, -0.2) is 4.68 Å². The van der Waals surface area contributed by atoms with Gasteiger partial charge in [-0.1, -0.05) is 24.6 Å². The van der Waals surface area contributed by atoms with Crippen LogP contribution in [0.4, 0.5) is 0 Å². The van der Waals surface area contributed by atoms with Crippen LogP contribution in [0.15, 0.2) is 42.7 Å². The molecule has 0 unspecified atom stereocenters. The number of carbonyl (C=O) groups is 1. The van der Waals surface area contributed by atoms with Gasteiger partial charge in [0.05, 0.1) is 11.9 Å². The third-order valence-corrected chi connectivity index (χ3v) is 5.47. The van der Waals surface area contributed by atoms with Crippen LogP contribution in [0.2, 0.25) is 0 Å². The molecule has 132 valence electrons. The fraction of sp³-hybridized carbons (Fsp3) is 0.500. The molecular weight excluding hydrogens is 312 g/mol. The Morgan fingerprint density at radius 3 is 2.80 bits per heavy atom. The normalized spacial score (nSPS) is 21.2. The number of nitrogens with one attached hydrogen (secondary N) is 1. The van der Waals surface area contributed by atoms with Crippen molar-refractivity contribution in [2.75, 3.05) is 19.6 Å². The summed E-state index contributed by atoms with van der Waals surface area (Å²) in [4.78, 5) is 14.4. The highest BCUT2D eigenvalue weighted by Gasteiger charge is 2.27. The van der Waals surface area contributed by atoms with Gasteiger partial charge in [0.2, 0.25) is 5.91 Å². The van der Waals surface area contributed by atoms with Crippen LogP contribution in [-0.2, 0) is 11.3 Å². The van der Waals surface area contributed by atoms with E-state index in [2.05, 4.69) is 33.6 Å². The standard InChI is InChI=1S/C20H26N4O/c25-20(18-5-4-6-18)21-11-16-9-10-23(13-16)14-17-12-22-24(15-17)19-7-2-1-3-8-19/h1-3,7-8,12,15-16,18H,4-6,9-11,13-14H2,(H,21,25)/t16-/m0/s1. The van der Waals surface area contributed by atoms with Crippen LogP contribution in [0.25, 0.3) is 5.69 Å². The Balaban J connectivity index is 1.25. The fourth-order valence-electron chi connectivity index (χ4n) is 3.70. The first-order valence-electron chi connectivity index (χ1n) is 9.37. The van der Waals surface area contributed by atoms with Crippen molar-refractivity contribution in [3.63, 3.8) is 0 Å². The zero-order valence-corrected chi connectivity index (χ0v) is 14.6. The summed E-state index contributed by atoms with van der Waals surface area (Å²) in [6.45, 7) is 3.91. The topological polar surface area (TPSA) is 50.2 Å². The molecule has 5 nitrogen and oxygen atoms in total. The van der Waals surface area contributed by atoms with Gasteiger partial charge in [0.25, 0.3) is 0 Å². The van der Waals surface area contributed by atoms with Gasteiger partial charge in [0.15, 0.2) is 0 Å². The van der Waals surface area contributed by atoms with Crippen molar-refractivity contribution < 1.29 is 4.79 Å². The number of rotatable bonds is 6. The quantitative estimate of drug-likeness (QED) is 0.881. The molecule has 25 heavy (non-hydrogen) atoms. The molecule has 2 heterocycles. The average Bonchev–Trinajstić information content (AvgIpc) is 3.22. The van der Waals surface area contributed by atoms with Crippen molar-refractivity contribution in [3.05, 3.63) is 48.3 Å². The molecule has 1 atom stereocenters. The number of likely N-dealkylation sites (tertiary alicyclic amines) is 1. The molecule has 1 saturated carbocycles. The second-order valence-corrected chi connectivity index (χ2v) is 7.39. The smallest absolute Gasteiger partial charge is 0.223 e. The number of nitrogens with zero attached hydrogens (tertiary/aromatic N) is 3. The molecule has 2 fully saturated rings. The molecule has 0 spiro atoms. The highest BCUT2D eigenvalue weighted by Crippen LogP contribution is 2.26. The minimum absolute atomic E-state index is 0.272. The van der Waals surface area contributed by atoms with Crippen molar-refractivity contribution in [1.29, 1.82) is 0 Å². The number of hydrogen-bond acceptors (Lipinski definition) is 3. The van der Waals surface area contributed by atoms with Crippen molar-refractivity contribution in [1.82, 2.24) is 20.0 Å². The maximum atomic E-state index is 12.0. The average molecular weight is 338 g/mol. The predicted molar refractivity (Wildman–Crippen MR) is 97.3 cm³/mol. The van der Waals surface area contributed by atoms with Crippen LogP contribution >= 0.6 is 0 Å². The monoisotopic (exact) mass is 338 g/mol. The number of benzene rings is 1. The van der Waals surface area contributed by atoms with Crippen LogP contribution in [0.1, 0.15) is 31.2 Å². The minimum Gasteiger partial charge on any atom is -0.356 e. The van der Waals surface area contributed by atoms with E-state index >= 15 is 0 Å². The van der Waals surface area contributed by atoms with Gasteiger partial charge in [-0.05, 0) is 43.9 Å². The molecule has 1 aromatic carbocycles. The molecule has 1 aromatic heterocycles. The Labute approximate surface area is 149 Å². The van der Waals surface area contributed by atoms with Gasteiger partial charge in [-0.3, -0.25) is 9.69 Å². The summed E-state index contributed by atoms with van der Waals surface area (Å²) in [5, 5.41) is 7.63. The lowest BCUT2D eigenvalue weighted by molar-refractivity contribution is -0.127. The first-order chi connectivity index (χ1) is 12.3.